The lowest BCUT2D eigenvalue weighted by atomic mass is 10.3. The lowest BCUT2D eigenvalue weighted by molar-refractivity contribution is 0.695. The van der Waals surface area contributed by atoms with Gasteiger partial charge in [-0.25, -0.2) is 4.79 Å². The first-order valence-corrected chi connectivity index (χ1v) is 5.41. The van der Waals surface area contributed by atoms with Crippen molar-refractivity contribution in [1.29, 1.82) is 0 Å². The molecule has 16 heavy (non-hydrogen) atoms. The summed E-state index contributed by atoms with van der Waals surface area (Å²) < 4.78 is 3.43. The highest BCUT2D eigenvalue weighted by molar-refractivity contribution is 5.47. The van der Waals surface area contributed by atoms with Crippen LogP contribution < -0.4 is 11.4 Å². The highest BCUT2D eigenvalue weighted by Crippen LogP contribution is 2.33. The van der Waals surface area contributed by atoms with Gasteiger partial charge in [0.05, 0.1) is 5.69 Å². The van der Waals surface area contributed by atoms with Crippen LogP contribution in [0.2, 0.25) is 0 Å². The van der Waals surface area contributed by atoms with Crippen LogP contribution in [0.1, 0.15) is 18.9 Å². The molecule has 0 unspecified atom stereocenters. The van der Waals surface area contributed by atoms with Crippen molar-refractivity contribution in [3.63, 3.8) is 0 Å². The largest absolute Gasteiger partial charge is 0.399 e. The van der Waals surface area contributed by atoms with E-state index in [4.69, 9.17) is 5.73 Å². The van der Waals surface area contributed by atoms with Gasteiger partial charge in [-0.05, 0) is 31.0 Å². The second-order valence-corrected chi connectivity index (χ2v) is 4.18. The molecule has 0 spiro atoms. The van der Waals surface area contributed by atoms with Crippen molar-refractivity contribution < 1.29 is 0 Å². The van der Waals surface area contributed by atoms with Gasteiger partial charge in [0.2, 0.25) is 0 Å². The molecule has 1 aromatic carbocycles. The Balaban J connectivity index is 2.09. The third kappa shape index (κ3) is 1.43. The van der Waals surface area contributed by atoms with Gasteiger partial charge < -0.3 is 5.73 Å². The predicted molar refractivity (Wildman–Crippen MR) is 62.7 cm³/mol. The quantitative estimate of drug-likeness (QED) is 0.773. The number of hydrogen-bond donors (Lipinski definition) is 1. The van der Waals surface area contributed by atoms with Gasteiger partial charge in [-0.1, -0.05) is 6.07 Å². The lowest BCUT2D eigenvalue weighted by Crippen LogP contribution is -2.22. The van der Waals surface area contributed by atoms with Crippen molar-refractivity contribution in [3.05, 3.63) is 47.1 Å². The first kappa shape index (κ1) is 9.27. The molecule has 3 rings (SSSR count). The average Bonchev–Trinajstić information content (AvgIpc) is 3.03. The van der Waals surface area contributed by atoms with Crippen molar-refractivity contribution >= 4 is 5.69 Å². The van der Waals surface area contributed by atoms with Crippen molar-refractivity contribution in [3.8, 4) is 5.69 Å². The molecule has 0 saturated heterocycles. The van der Waals surface area contributed by atoms with Gasteiger partial charge in [0.25, 0.3) is 0 Å². The van der Waals surface area contributed by atoms with E-state index in [-0.39, 0.29) is 5.69 Å². The Labute approximate surface area is 92.9 Å². The smallest absolute Gasteiger partial charge is 0.332 e. The number of aromatic nitrogens is 2. The molecule has 4 nitrogen and oxygen atoms in total. The maximum absolute atomic E-state index is 12.0. The first-order chi connectivity index (χ1) is 7.75. The minimum Gasteiger partial charge on any atom is -0.399 e. The number of nitrogens with zero attached hydrogens (tertiary/aromatic N) is 2. The minimum absolute atomic E-state index is 0.0214. The topological polar surface area (TPSA) is 52.9 Å². The molecule has 0 radical (unpaired) electrons. The van der Waals surface area contributed by atoms with E-state index in [1.165, 1.54) is 0 Å². The lowest BCUT2D eigenvalue weighted by Gasteiger charge is -2.02. The molecule has 2 N–H and O–H groups in total. The van der Waals surface area contributed by atoms with E-state index in [1.54, 1.807) is 21.4 Å². The summed E-state index contributed by atoms with van der Waals surface area (Å²) in [5.74, 6) is 0. The molecular weight excluding hydrogens is 202 g/mol. The molecular formula is C12H13N3O. The Bertz CT molecular complexity index is 578. The molecule has 1 fully saturated rings. The summed E-state index contributed by atoms with van der Waals surface area (Å²) in [7, 11) is 0. The van der Waals surface area contributed by atoms with Crippen LogP contribution in [0.3, 0.4) is 0 Å². The fourth-order valence-corrected chi connectivity index (χ4v) is 1.89. The van der Waals surface area contributed by atoms with Crippen LogP contribution in [0.25, 0.3) is 5.69 Å². The summed E-state index contributed by atoms with van der Waals surface area (Å²) in [6.45, 7) is 0. The average molecular weight is 215 g/mol. The fourth-order valence-electron chi connectivity index (χ4n) is 1.89. The van der Waals surface area contributed by atoms with Gasteiger partial charge in [0, 0.05) is 24.1 Å². The van der Waals surface area contributed by atoms with E-state index in [9.17, 15) is 4.79 Å². The molecule has 0 amide bonds. The van der Waals surface area contributed by atoms with Gasteiger partial charge in [-0.15, -0.1) is 0 Å². The number of rotatable bonds is 2. The van der Waals surface area contributed by atoms with Crippen molar-refractivity contribution in [2.45, 2.75) is 18.9 Å². The van der Waals surface area contributed by atoms with Gasteiger partial charge in [0.1, 0.15) is 0 Å². The molecule has 2 aromatic rings. The fraction of sp³-hybridized carbons (Fsp3) is 0.250. The maximum Gasteiger partial charge on any atom is 0.332 e. The number of anilines is 1. The van der Waals surface area contributed by atoms with Crippen molar-refractivity contribution in [1.82, 2.24) is 9.13 Å². The maximum atomic E-state index is 12.0. The Morgan fingerprint density at radius 2 is 2.06 bits per heavy atom. The molecule has 1 aliphatic carbocycles. The van der Waals surface area contributed by atoms with E-state index in [0.717, 1.165) is 18.5 Å². The Morgan fingerprint density at radius 1 is 1.25 bits per heavy atom. The van der Waals surface area contributed by atoms with Crippen LogP contribution >= 0.6 is 0 Å². The van der Waals surface area contributed by atoms with E-state index >= 15 is 0 Å². The number of benzene rings is 1. The van der Waals surface area contributed by atoms with E-state index in [2.05, 4.69) is 0 Å². The molecule has 1 aromatic heterocycles. The van der Waals surface area contributed by atoms with Crippen LogP contribution in [0, 0.1) is 0 Å². The van der Waals surface area contributed by atoms with Crippen LogP contribution in [0.5, 0.6) is 0 Å². The summed E-state index contributed by atoms with van der Waals surface area (Å²) in [6, 6.07) is 7.76. The Hall–Kier alpha value is -1.97. The molecule has 0 atom stereocenters. The minimum atomic E-state index is 0.0214. The van der Waals surface area contributed by atoms with Crippen LogP contribution in [0.15, 0.2) is 41.5 Å². The molecule has 4 heteroatoms. The Kier molecular flexibility index (Phi) is 1.89. The zero-order valence-corrected chi connectivity index (χ0v) is 8.84. The highest BCUT2D eigenvalue weighted by Gasteiger charge is 2.25. The summed E-state index contributed by atoms with van der Waals surface area (Å²) in [5, 5.41) is 0. The second kappa shape index (κ2) is 3.27. The van der Waals surface area contributed by atoms with E-state index in [0.29, 0.717) is 11.7 Å². The first-order valence-electron chi connectivity index (χ1n) is 5.41. The van der Waals surface area contributed by atoms with Crippen molar-refractivity contribution in [2.75, 3.05) is 5.73 Å². The monoisotopic (exact) mass is 215 g/mol. The number of hydrogen-bond acceptors (Lipinski definition) is 2. The van der Waals surface area contributed by atoms with E-state index < -0.39 is 0 Å². The van der Waals surface area contributed by atoms with Crippen LogP contribution in [-0.4, -0.2) is 9.13 Å². The standard InChI is InChI=1S/C12H13N3O/c13-9-2-1-3-11(8-9)15-7-6-14(12(15)16)10-4-5-10/h1-3,6-8,10H,4-5,13H2. The third-order valence-electron chi connectivity index (χ3n) is 2.89. The number of nitrogens with two attached hydrogens (primary N) is 1. The zero-order chi connectivity index (χ0) is 11.1. The SMILES string of the molecule is Nc1cccc(-n2ccn(C3CC3)c2=O)c1. The Morgan fingerprint density at radius 3 is 2.75 bits per heavy atom. The van der Waals surface area contributed by atoms with Gasteiger partial charge in [-0.2, -0.15) is 0 Å². The molecule has 0 aliphatic heterocycles. The van der Waals surface area contributed by atoms with Gasteiger partial charge >= 0.3 is 5.69 Å². The summed E-state index contributed by atoms with van der Waals surface area (Å²) in [4.78, 5) is 12.0. The predicted octanol–water partition coefficient (Wildman–Crippen LogP) is 1.56. The molecule has 1 aliphatic rings. The van der Waals surface area contributed by atoms with Crippen LogP contribution in [-0.2, 0) is 0 Å². The number of imidazole rings is 1. The molecule has 82 valence electrons. The summed E-state index contributed by atoms with van der Waals surface area (Å²) in [5.41, 5.74) is 7.22. The zero-order valence-electron chi connectivity index (χ0n) is 8.84. The molecule has 1 saturated carbocycles. The third-order valence-corrected chi connectivity index (χ3v) is 2.89. The van der Waals surface area contributed by atoms with E-state index in [1.807, 2.05) is 24.4 Å². The normalized spacial score (nSPS) is 15.2. The highest BCUT2D eigenvalue weighted by atomic mass is 16.1. The van der Waals surface area contributed by atoms with Gasteiger partial charge in [-0.3, -0.25) is 9.13 Å². The molecule has 1 heterocycles. The van der Waals surface area contributed by atoms with Crippen LogP contribution in [0.4, 0.5) is 5.69 Å². The summed E-state index contributed by atoms with van der Waals surface area (Å²) >= 11 is 0. The number of nitrogen functional groups attached to an aromatic ring is 1. The van der Waals surface area contributed by atoms with Gasteiger partial charge in [0.15, 0.2) is 0 Å². The second-order valence-electron chi connectivity index (χ2n) is 4.18. The summed E-state index contributed by atoms with van der Waals surface area (Å²) in [6.07, 6.45) is 5.88. The molecule has 0 bridgehead atoms. The van der Waals surface area contributed by atoms with Crippen molar-refractivity contribution in [2.24, 2.45) is 0 Å².